The van der Waals surface area contributed by atoms with E-state index in [0.29, 0.717) is 5.28 Å². The Morgan fingerprint density at radius 1 is 1.05 bits per heavy atom. The summed E-state index contributed by atoms with van der Waals surface area (Å²) in [6, 6.07) is 8.01. The largest absolute Gasteiger partial charge is 0.353 e. The second kappa shape index (κ2) is 5.90. The van der Waals surface area contributed by atoms with E-state index >= 15 is 0 Å². The number of aromatic nitrogens is 2. The van der Waals surface area contributed by atoms with Gasteiger partial charge in [0.25, 0.3) is 0 Å². The lowest BCUT2D eigenvalue weighted by atomic mass is 10.2. The molecule has 3 rings (SSSR count). The van der Waals surface area contributed by atoms with Crippen LogP contribution in [-0.2, 0) is 0 Å². The van der Waals surface area contributed by atoms with Gasteiger partial charge in [-0.3, -0.25) is 0 Å². The lowest BCUT2D eigenvalue weighted by Crippen LogP contribution is -2.44. The minimum atomic E-state index is 0. The van der Waals surface area contributed by atoms with Crippen molar-refractivity contribution in [3.63, 3.8) is 0 Å². The average Bonchev–Trinajstić information content (AvgIpc) is 2.38. The maximum absolute atomic E-state index is 6.01. The van der Waals surface area contributed by atoms with Gasteiger partial charge in [-0.15, -0.1) is 12.4 Å². The predicted molar refractivity (Wildman–Crippen MR) is 81.5 cm³/mol. The summed E-state index contributed by atoms with van der Waals surface area (Å²) in [5.74, 6) is 0.957. The Morgan fingerprint density at radius 2 is 1.74 bits per heavy atom. The molecule has 0 aliphatic carbocycles. The van der Waals surface area contributed by atoms with Crippen LogP contribution in [0, 0.1) is 0 Å². The van der Waals surface area contributed by atoms with Gasteiger partial charge < -0.3 is 9.80 Å². The lowest BCUT2D eigenvalue weighted by molar-refractivity contribution is 0.312. The molecule has 0 spiro atoms. The van der Waals surface area contributed by atoms with Crippen LogP contribution in [0.3, 0.4) is 0 Å². The second-order valence-corrected chi connectivity index (χ2v) is 4.96. The first-order chi connectivity index (χ1) is 8.74. The molecule has 0 amide bonds. The van der Waals surface area contributed by atoms with E-state index in [0.717, 1.165) is 42.9 Å². The van der Waals surface area contributed by atoms with Crippen LogP contribution in [0.5, 0.6) is 0 Å². The van der Waals surface area contributed by atoms with E-state index in [4.69, 9.17) is 11.6 Å². The molecule has 19 heavy (non-hydrogen) atoms. The quantitative estimate of drug-likeness (QED) is 0.757. The number of likely N-dealkylation sites (N-methyl/N-ethyl adjacent to an activating group) is 1. The number of hydrogen-bond donors (Lipinski definition) is 0. The van der Waals surface area contributed by atoms with Crippen molar-refractivity contribution >= 4 is 40.7 Å². The van der Waals surface area contributed by atoms with Crippen molar-refractivity contribution in [2.24, 2.45) is 0 Å². The van der Waals surface area contributed by atoms with Gasteiger partial charge in [0.2, 0.25) is 5.28 Å². The number of halogens is 2. The van der Waals surface area contributed by atoms with Crippen LogP contribution in [0.15, 0.2) is 24.3 Å². The molecule has 1 aliphatic rings. The zero-order chi connectivity index (χ0) is 12.5. The Labute approximate surface area is 123 Å². The number of benzene rings is 1. The molecule has 0 N–H and O–H groups in total. The fraction of sp³-hybridized carbons (Fsp3) is 0.385. The molecule has 1 saturated heterocycles. The number of rotatable bonds is 1. The van der Waals surface area contributed by atoms with Crippen LogP contribution < -0.4 is 4.90 Å². The highest BCUT2D eigenvalue weighted by atomic mass is 35.5. The number of para-hydroxylation sites is 1. The Morgan fingerprint density at radius 3 is 2.47 bits per heavy atom. The molecular formula is C13H16Cl2N4. The molecule has 1 fully saturated rings. The molecule has 0 radical (unpaired) electrons. The molecule has 0 atom stereocenters. The van der Waals surface area contributed by atoms with Gasteiger partial charge in [0.15, 0.2) is 0 Å². The summed E-state index contributed by atoms with van der Waals surface area (Å²) in [4.78, 5) is 13.3. The molecule has 6 heteroatoms. The van der Waals surface area contributed by atoms with E-state index in [-0.39, 0.29) is 12.4 Å². The zero-order valence-corrected chi connectivity index (χ0v) is 12.3. The van der Waals surface area contributed by atoms with Gasteiger partial charge in [-0.1, -0.05) is 12.1 Å². The SMILES string of the molecule is CN1CCN(c2nc(Cl)nc3ccccc23)CC1.Cl. The number of nitrogens with zero attached hydrogens (tertiary/aromatic N) is 4. The van der Waals surface area contributed by atoms with Crippen LogP contribution in [-0.4, -0.2) is 48.1 Å². The smallest absolute Gasteiger partial charge is 0.224 e. The number of hydrogen-bond acceptors (Lipinski definition) is 4. The van der Waals surface area contributed by atoms with Crippen LogP contribution >= 0.6 is 24.0 Å². The average molecular weight is 299 g/mol. The molecule has 0 saturated carbocycles. The highest BCUT2D eigenvalue weighted by molar-refractivity contribution is 6.28. The summed E-state index contributed by atoms with van der Waals surface area (Å²) in [7, 11) is 2.14. The van der Waals surface area contributed by atoms with Crippen molar-refractivity contribution in [1.29, 1.82) is 0 Å². The van der Waals surface area contributed by atoms with Gasteiger partial charge in [-0.05, 0) is 30.8 Å². The van der Waals surface area contributed by atoms with E-state index in [1.54, 1.807) is 0 Å². The van der Waals surface area contributed by atoms with Crippen LogP contribution in [0.1, 0.15) is 0 Å². The topological polar surface area (TPSA) is 32.3 Å². The first-order valence-corrected chi connectivity index (χ1v) is 6.47. The first kappa shape index (κ1) is 14.3. The Balaban J connectivity index is 0.00000133. The molecule has 2 aromatic rings. The highest BCUT2D eigenvalue weighted by Gasteiger charge is 2.18. The highest BCUT2D eigenvalue weighted by Crippen LogP contribution is 2.25. The number of piperazine rings is 1. The maximum Gasteiger partial charge on any atom is 0.224 e. The molecule has 0 unspecified atom stereocenters. The van der Waals surface area contributed by atoms with Crippen molar-refractivity contribution in [3.8, 4) is 0 Å². The molecule has 2 heterocycles. The summed E-state index contributed by atoms with van der Waals surface area (Å²) in [6.07, 6.45) is 0. The van der Waals surface area contributed by atoms with E-state index in [9.17, 15) is 0 Å². The summed E-state index contributed by atoms with van der Waals surface area (Å²) < 4.78 is 0. The second-order valence-electron chi connectivity index (χ2n) is 4.62. The van der Waals surface area contributed by atoms with Crippen LogP contribution in [0.4, 0.5) is 5.82 Å². The Kier molecular flexibility index (Phi) is 4.45. The molecule has 102 valence electrons. The van der Waals surface area contributed by atoms with E-state index in [1.165, 1.54) is 0 Å². The standard InChI is InChI=1S/C13H15ClN4.ClH/c1-17-6-8-18(9-7-17)12-10-4-2-3-5-11(10)15-13(14)16-12;/h2-5H,6-9H2,1H3;1H. The Bertz CT molecular complexity index is 568. The number of anilines is 1. The third kappa shape index (κ3) is 2.91. The molecule has 1 aliphatic heterocycles. The lowest BCUT2D eigenvalue weighted by Gasteiger charge is -2.33. The normalized spacial score (nSPS) is 16.4. The monoisotopic (exact) mass is 298 g/mol. The molecule has 1 aromatic carbocycles. The molecule has 4 nitrogen and oxygen atoms in total. The van der Waals surface area contributed by atoms with Crippen molar-refractivity contribution in [3.05, 3.63) is 29.5 Å². The first-order valence-electron chi connectivity index (χ1n) is 6.10. The molecule has 0 bridgehead atoms. The summed E-state index contributed by atoms with van der Waals surface area (Å²) in [5.41, 5.74) is 0.909. The van der Waals surface area contributed by atoms with E-state index < -0.39 is 0 Å². The fourth-order valence-electron chi connectivity index (χ4n) is 2.29. The van der Waals surface area contributed by atoms with Crippen LogP contribution in [0.2, 0.25) is 5.28 Å². The van der Waals surface area contributed by atoms with Gasteiger partial charge in [0.1, 0.15) is 5.82 Å². The minimum Gasteiger partial charge on any atom is -0.353 e. The van der Waals surface area contributed by atoms with Crippen molar-refractivity contribution in [2.75, 3.05) is 38.1 Å². The van der Waals surface area contributed by atoms with E-state index in [1.807, 2.05) is 18.2 Å². The summed E-state index contributed by atoms with van der Waals surface area (Å²) >= 11 is 6.01. The van der Waals surface area contributed by atoms with Gasteiger partial charge in [-0.25, -0.2) is 4.98 Å². The van der Waals surface area contributed by atoms with Gasteiger partial charge in [0.05, 0.1) is 5.52 Å². The third-order valence-corrected chi connectivity index (χ3v) is 3.53. The van der Waals surface area contributed by atoms with Crippen molar-refractivity contribution < 1.29 is 0 Å². The minimum absolute atomic E-state index is 0. The van der Waals surface area contributed by atoms with Crippen molar-refractivity contribution in [2.45, 2.75) is 0 Å². The predicted octanol–water partition coefficient (Wildman–Crippen LogP) is 2.46. The zero-order valence-electron chi connectivity index (χ0n) is 10.7. The van der Waals surface area contributed by atoms with Crippen LogP contribution in [0.25, 0.3) is 10.9 Å². The summed E-state index contributed by atoms with van der Waals surface area (Å²) in [6.45, 7) is 4.06. The van der Waals surface area contributed by atoms with Crippen molar-refractivity contribution in [1.82, 2.24) is 14.9 Å². The van der Waals surface area contributed by atoms with E-state index in [2.05, 4.69) is 32.9 Å². The van der Waals surface area contributed by atoms with Gasteiger partial charge >= 0.3 is 0 Å². The van der Waals surface area contributed by atoms with Gasteiger partial charge in [0, 0.05) is 31.6 Å². The third-order valence-electron chi connectivity index (χ3n) is 3.36. The summed E-state index contributed by atoms with van der Waals surface area (Å²) in [5, 5.41) is 1.40. The molecule has 1 aromatic heterocycles. The Hall–Kier alpha value is -1.10. The fourth-order valence-corrected chi connectivity index (χ4v) is 2.46. The molecular weight excluding hydrogens is 283 g/mol. The van der Waals surface area contributed by atoms with Gasteiger partial charge in [-0.2, -0.15) is 4.98 Å². The number of fused-ring (bicyclic) bond motifs is 1. The maximum atomic E-state index is 6.01.